The second-order valence-electron chi connectivity index (χ2n) is 6.26. The van der Waals surface area contributed by atoms with Crippen LogP contribution in [0.1, 0.15) is 5.56 Å². The summed E-state index contributed by atoms with van der Waals surface area (Å²) >= 11 is 5.93. The van der Waals surface area contributed by atoms with Crippen LogP contribution >= 0.6 is 11.6 Å². The molecular weight excluding hydrogens is 456 g/mol. The van der Waals surface area contributed by atoms with E-state index in [0.717, 1.165) is 11.8 Å². The number of aryl methyl sites for hydroxylation is 1. The Balaban J connectivity index is 1.89. The van der Waals surface area contributed by atoms with E-state index < -0.39 is 44.9 Å². The predicted octanol–water partition coefficient (Wildman–Crippen LogP) is 1.51. The number of sulfone groups is 1. The van der Waals surface area contributed by atoms with Gasteiger partial charge in [-0.15, -0.1) is 0 Å². The number of rotatable bonds is 8. The van der Waals surface area contributed by atoms with Gasteiger partial charge >= 0.3 is 5.97 Å². The Kier molecular flexibility index (Phi) is 7.59. The lowest BCUT2D eigenvalue weighted by Gasteiger charge is -2.10. The summed E-state index contributed by atoms with van der Waals surface area (Å²) in [6.07, 6.45) is 1.00. The number of hydrogen-bond acceptors (Lipinski definition) is 7. The first kappa shape index (κ1) is 23.8. The van der Waals surface area contributed by atoms with Crippen molar-refractivity contribution < 1.29 is 31.2 Å². The molecule has 12 heteroatoms. The summed E-state index contributed by atoms with van der Waals surface area (Å²) in [6, 6.07) is 9.78. The van der Waals surface area contributed by atoms with Crippen LogP contribution < -0.4 is 10.0 Å². The van der Waals surface area contributed by atoms with E-state index in [1.807, 2.05) is 0 Å². The largest absolute Gasteiger partial charge is 0.455 e. The minimum absolute atomic E-state index is 0.0148. The van der Waals surface area contributed by atoms with E-state index in [1.54, 1.807) is 19.1 Å². The van der Waals surface area contributed by atoms with Crippen molar-refractivity contribution in [2.45, 2.75) is 16.7 Å². The van der Waals surface area contributed by atoms with Crippen molar-refractivity contribution in [2.24, 2.45) is 0 Å². The minimum Gasteiger partial charge on any atom is -0.455 e. The Morgan fingerprint density at radius 3 is 2.20 bits per heavy atom. The lowest BCUT2D eigenvalue weighted by molar-refractivity contribution is -0.146. The van der Waals surface area contributed by atoms with Crippen molar-refractivity contribution in [3.63, 3.8) is 0 Å². The summed E-state index contributed by atoms with van der Waals surface area (Å²) in [4.78, 5) is 23.6. The molecule has 0 atom stereocenters. The highest BCUT2D eigenvalue weighted by molar-refractivity contribution is 7.90. The number of halogens is 1. The van der Waals surface area contributed by atoms with Crippen LogP contribution in [0.15, 0.2) is 52.3 Å². The number of ether oxygens (including phenoxy) is 1. The molecule has 1 amide bonds. The van der Waals surface area contributed by atoms with Crippen molar-refractivity contribution in [1.82, 2.24) is 4.72 Å². The van der Waals surface area contributed by atoms with E-state index in [2.05, 4.69) is 10.0 Å². The van der Waals surface area contributed by atoms with Gasteiger partial charge in [-0.2, -0.15) is 4.72 Å². The summed E-state index contributed by atoms with van der Waals surface area (Å²) in [5.74, 6) is -1.76. The van der Waals surface area contributed by atoms with Gasteiger partial charge < -0.3 is 10.1 Å². The van der Waals surface area contributed by atoms with Crippen LogP contribution in [0.3, 0.4) is 0 Å². The average molecular weight is 475 g/mol. The number of anilines is 1. The van der Waals surface area contributed by atoms with E-state index in [4.69, 9.17) is 16.3 Å². The van der Waals surface area contributed by atoms with Gasteiger partial charge in [0.15, 0.2) is 16.4 Å². The molecule has 0 unspecified atom stereocenters. The number of nitrogens with one attached hydrogen (secondary N) is 2. The van der Waals surface area contributed by atoms with Gasteiger partial charge in [0, 0.05) is 6.26 Å². The second-order valence-corrected chi connectivity index (χ2v) is 10.5. The van der Waals surface area contributed by atoms with Gasteiger partial charge in [0.1, 0.15) is 6.54 Å². The van der Waals surface area contributed by atoms with Crippen LogP contribution in [0.25, 0.3) is 0 Å². The molecular formula is C18H19ClN2O7S2. The van der Waals surface area contributed by atoms with Gasteiger partial charge in [-0.1, -0.05) is 29.3 Å². The smallest absolute Gasteiger partial charge is 0.321 e. The molecule has 2 N–H and O–H groups in total. The summed E-state index contributed by atoms with van der Waals surface area (Å²) in [7, 11) is -7.42. The molecule has 0 aliphatic rings. The number of sulfonamides is 1. The van der Waals surface area contributed by atoms with Gasteiger partial charge in [-0.25, -0.2) is 16.8 Å². The Morgan fingerprint density at radius 1 is 1.00 bits per heavy atom. The molecule has 0 aliphatic heterocycles. The van der Waals surface area contributed by atoms with E-state index in [-0.39, 0.29) is 20.5 Å². The molecule has 2 aromatic rings. The molecule has 0 bridgehead atoms. The molecule has 0 heterocycles. The lowest BCUT2D eigenvalue weighted by Crippen LogP contribution is -2.32. The molecule has 162 valence electrons. The molecule has 30 heavy (non-hydrogen) atoms. The van der Waals surface area contributed by atoms with Crippen LogP contribution in [0.2, 0.25) is 5.02 Å². The Labute approximate surface area is 179 Å². The molecule has 0 saturated heterocycles. The molecule has 2 aromatic carbocycles. The average Bonchev–Trinajstić information content (AvgIpc) is 2.66. The van der Waals surface area contributed by atoms with Crippen LogP contribution in [-0.4, -0.2) is 48.1 Å². The van der Waals surface area contributed by atoms with E-state index >= 15 is 0 Å². The highest BCUT2D eigenvalue weighted by Crippen LogP contribution is 2.25. The number of carbonyl (C=O) groups excluding carboxylic acids is 2. The molecule has 0 aliphatic carbocycles. The SMILES string of the molecule is Cc1ccc(S(=O)(=O)NCC(=O)OCC(=O)Nc2cc(S(C)(=O)=O)ccc2Cl)cc1. The summed E-state index contributed by atoms with van der Waals surface area (Å²) in [5, 5.41) is 2.42. The maximum Gasteiger partial charge on any atom is 0.321 e. The van der Waals surface area contributed by atoms with Gasteiger partial charge in [0.05, 0.1) is 20.5 Å². The van der Waals surface area contributed by atoms with E-state index in [1.165, 1.54) is 30.3 Å². The highest BCUT2D eigenvalue weighted by atomic mass is 35.5. The zero-order chi connectivity index (χ0) is 22.5. The Morgan fingerprint density at radius 2 is 1.60 bits per heavy atom. The zero-order valence-electron chi connectivity index (χ0n) is 16.0. The fourth-order valence-corrected chi connectivity index (χ4v) is 3.95. The Hall–Kier alpha value is -2.47. The van der Waals surface area contributed by atoms with Crippen LogP contribution in [-0.2, 0) is 34.2 Å². The molecule has 0 saturated carbocycles. The predicted molar refractivity (Wildman–Crippen MR) is 111 cm³/mol. The van der Waals surface area contributed by atoms with Gasteiger partial charge in [-0.05, 0) is 37.3 Å². The van der Waals surface area contributed by atoms with Crippen LogP contribution in [0.5, 0.6) is 0 Å². The number of esters is 1. The topological polar surface area (TPSA) is 136 Å². The molecule has 0 fully saturated rings. The van der Waals surface area contributed by atoms with Crippen molar-refractivity contribution in [3.05, 3.63) is 53.1 Å². The fourth-order valence-electron chi connectivity index (χ4n) is 2.17. The fraction of sp³-hybridized carbons (Fsp3) is 0.222. The third-order valence-electron chi connectivity index (χ3n) is 3.74. The molecule has 9 nitrogen and oxygen atoms in total. The standard InChI is InChI=1S/C18H19ClN2O7S2/c1-12-3-5-13(6-4-12)30(26,27)20-10-18(23)28-11-17(22)21-16-9-14(29(2,24)25)7-8-15(16)19/h3-9,20H,10-11H2,1-2H3,(H,21,22). The molecule has 0 spiro atoms. The molecule has 0 aromatic heterocycles. The number of carbonyl (C=O) groups is 2. The maximum atomic E-state index is 12.1. The third kappa shape index (κ3) is 6.80. The first-order valence-electron chi connectivity index (χ1n) is 8.40. The minimum atomic E-state index is -3.91. The van der Waals surface area contributed by atoms with Gasteiger partial charge in [0.25, 0.3) is 5.91 Å². The summed E-state index contributed by atoms with van der Waals surface area (Å²) in [6.45, 7) is 0.412. The van der Waals surface area contributed by atoms with Crippen molar-refractivity contribution in [2.75, 3.05) is 24.7 Å². The molecule has 0 radical (unpaired) electrons. The zero-order valence-corrected chi connectivity index (χ0v) is 18.4. The first-order valence-corrected chi connectivity index (χ1v) is 12.1. The van der Waals surface area contributed by atoms with Crippen molar-refractivity contribution in [1.29, 1.82) is 0 Å². The third-order valence-corrected chi connectivity index (χ3v) is 6.60. The number of benzene rings is 2. The van der Waals surface area contributed by atoms with E-state index in [0.29, 0.717) is 0 Å². The Bertz CT molecular complexity index is 1160. The number of amides is 1. The first-order chi connectivity index (χ1) is 13.9. The molecule has 2 rings (SSSR count). The quantitative estimate of drug-likeness (QED) is 0.553. The normalized spacial score (nSPS) is 11.7. The second kappa shape index (κ2) is 9.56. The monoisotopic (exact) mass is 474 g/mol. The van der Waals surface area contributed by atoms with Gasteiger partial charge in [0.2, 0.25) is 10.0 Å². The number of hydrogen-bond donors (Lipinski definition) is 2. The van der Waals surface area contributed by atoms with Crippen molar-refractivity contribution >= 4 is 49.0 Å². The van der Waals surface area contributed by atoms with Gasteiger partial charge in [-0.3, -0.25) is 9.59 Å². The van der Waals surface area contributed by atoms with Crippen LogP contribution in [0.4, 0.5) is 5.69 Å². The summed E-state index contributed by atoms with van der Waals surface area (Å²) in [5.41, 5.74) is 0.905. The van der Waals surface area contributed by atoms with Crippen LogP contribution in [0, 0.1) is 6.92 Å². The summed E-state index contributed by atoms with van der Waals surface area (Å²) < 4.78 is 54.2. The lowest BCUT2D eigenvalue weighted by atomic mass is 10.2. The highest BCUT2D eigenvalue weighted by Gasteiger charge is 2.17. The van der Waals surface area contributed by atoms with E-state index in [9.17, 15) is 26.4 Å². The van der Waals surface area contributed by atoms with Crippen molar-refractivity contribution in [3.8, 4) is 0 Å². The maximum absolute atomic E-state index is 12.1.